The Morgan fingerprint density at radius 1 is 1.28 bits per heavy atom. The Morgan fingerprint density at radius 2 is 1.94 bits per heavy atom. The van der Waals surface area contributed by atoms with Crippen molar-refractivity contribution in [2.45, 2.75) is 13.5 Å². The number of ether oxygens (including phenoxy) is 1. The van der Waals surface area contributed by atoms with Crippen molar-refractivity contribution in [1.82, 2.24) is 10.2 Å². The second kappa shape index (κ2) is 7.32. The topological polar surface area (TPSA) is 58.6 Å². The smallest absolute Gasteiger partial charge is 0.410 e. The fraction of sp³-hybridized carbons (Fsp3) is 0.385. The number of hydrogen-bond donors (Lipinski definition) is 1. The fourth-order valence-electron chi connectivity index (χ4n) is 1.36. The minimum atomic E-state index is -0.509. The lowest BCUT2D eigenvalue weighted by Gasteiger charge is -2.16. The maximum Gasteiger partial charge on any atom is 0.410 e. The van der Waals surface area contributed by atoms with Gasteiger partial charge < -0.3 is 15.0 Å². The first kappa shape index (κ1) is 14.0. The average Bonchev–Trinajstić information content (AvgIpc) is 2.37. The average molecular weight is 250 g/mol. The van der Waals surface area contributed by atoms with Crippen LogP contribution in [0.25, 0.3) is 0 Å². The summed E-state index contributed by atoms with van der Waals surface area (Å²) in [6.45, 7) is 2.58. The third kappa shape index (κ3) is 4.86. The molecule has 0 radical (unpaired) electrons. The van der Waals surface area contributed by atoms with Crippen LogP contribution in [0.3, 0.4) is 0 Å². The normalized spacial score (nSPS) is 9.67. The molecule has 0 aliphatic rings. The zero-order chi connectivity index (χ0) is 13.4. The summed E-state index contributed by atoms with van der Waals surface area (Å²) in [7, 11) is 1.53. The maximum absolute atomic E-state index is 11.6. The van der Waals surface area contributed by atoms with E-state index < -0.39 is 6.09 Å². The van der Waals surface area contributed by atoms with Crippen LogP contribution in [0.2, 0.25) is 0 Å². The molecule has 0 fully saturated rings. The molecule has 0 unspecified atom stereocenters. The summed E-state index contributed by atoms with van der Waals surface area (Å²) in [6.07, 6.45) is -0.509. The van der Waals surface area contributed by atoms with Gasteiger partial charge in [-0.15, -0.1) is 0 Å². The van der Waals surface area contributed by atoms with Crippen molar-refractivity contribution in [3.63, 3.8) is 0 Å². The van der Waals surface area contributed by atoms with Crippen LogP contribution < -0.4 is 5.32 Å². The third-order valence-electron chi connectivity index (χ3n) is 2.27. The zero-order valence-electron chi connectivity index (χ0n) is 10.7. The van der Waals surface area contributed by atoms with Crippen molar-refractivity contribution in [1.29, 1.82) is 0 Å². The van der Waals surface area contributed by atoms with Gasteiger partial charge in [0.1, 0.15) is 13.2 Å². The molecule has 1 aromatic rings. The highest BCUT2D eigenvalue weighted by Crippen LogP contribution is 2.02. The summed E-state index contributed by atoms with van der Waals surface area (Å²) in [6, 6.07) is 9.39. The van der Waals surface area contributed by atoms with Crippen molar-refractivity contribution in [3.8, 4) is 0 Å². The van der Waals surface area contributed by atoms with Crippen LogP contribution in [0.1, 0.15) is 12.5 Å². The van der Waals surface area contributed by atoms with Crippen LogP contribution in [-0.4, -0.2) is 37.0 Å². The van der Waals surface area contributed by atoms with Crippen molar-refractivity contribution >= 4 is 12.0 Å². The summed E-state index contributed by atoms with van der Waals surface area (Å²) in [5, 5.41) is 2.62. The Balaban J connectivity index is 2.34. The first-order valence-corrected chi connectivity index (χ1v) is 5.82. The summed E-state index contributed by atoms with van der Waals surface area (Å²) in [4.78, 5) is 24.1. The summed E-state index contributed by atoms with van der Waals surface area (Å²) in [5.74, 6) is -0.198. The van der Waals surface area contributed by atoms with E-state index in [9.17, 15) is 9.59 Å². The van der Waals surface area contributed by atoms with Gasteiger partial charge in [0, 0.05) is 13.6 Å². The van der Waals surface area contributed by atoms with E-state index in [2.05, 4.69) is 5.32 Å². The van der Waals surface area contributed by atoms with E-state index in [-0.39, 0.29) is 19.1 Å². The number of benzene rings is 1. The molecule has 2 amide bonds. The van der Waals surface area contributed by atoms with Gasteiger partial charge in [-0.3, -0.25) is 4.79 Å². The lowest BCUT2D eigenvalue weighted by Crippen LogP contribution is -2.38. The third-order valence-corrected chi connectivity index (χ3v) is 2.27. The van der Waals surface area contributed by atoms with Crippen LogP contribution >= 0.6 is 0 Å². The van der Waals surface area contributed by atoms with E-state index in [4.69, 9.17) is 4.74 Å². The number of hydrogen-bond acceptors (Lipinski definition) is 3. The molecule has 1 aromatic carbocycles. The molecule has 0 atom stereocenters. The lowest BCUT2D eigenvalue weighted by atomic mass is 10.2. The predicted octanol–water partition coefficient (Wildman–Crippen LogP) is 1.39. The number of nitrogens with one attached hydrogen (secondary N) is 1. The molecule has 18 heavy (non-hydrogen) atoms. The SMILES string of the molecule is CCNC(=O)CN(C)C(=O)OCc1ccccc1. The molecule has 0 saturated carbocycles. The van der Waals surface area contributed by atoms with Crippen LogP contribution in [0.5, 0.6) is 0 Å². The predicted molar refractivity (Wildman–Crippen MR) is 67.9 cm³/mol. The van der Waals surface area contributed by atoms with Crippen molar-refractivity contribution < 1.29 is 14.3 Å². The molecule has 5 heteroatoms. The number of amides is 2. The highest BCUT2D eigenvalue weighted by molar-refractivity contribution is 5.81. The quantitative estimate of drug-likeness (QED) is 0.859. The first-order chi connectivity index (χ1) is 8.63. The second-order valence-corrected chi connectivity index (χ2v) is 3.85. The van der Waals surface area contributed by atoms with Crippen molar-refractivity contribution in [3.05, 3.63) is 35.9 Å². The number of carbonyl (C=O) groups excluding carboxylic acids is 2. The number of nitrogens with zero attached hydrogens (tertiary/aromatic N) is 1. The molecule has 0 aliphatic heterocycles. The van der Waals surface area contributed by atoms with E-state index in [1.54, 1.807) is 0 Å². The minimum absolute atomic E-state index is 0.00145. The van der Waals surface area contributed by atoms with Crippen LogP contribution in [0, 0.1) is 0 Å². The van der Waals surface area contributed by atoms with E-state index in [0.717, 1.165) is 5.56 Å². The van der Waals surface area contributed by atoms with Gasteiger partial charge in [-0.2, -0.15) is 0 Å². The Bertz CT molecular complexity index is 392. The lowest BCUT2D eigenvalue weighted by molar-refractivity contribution is -0.121. The highest BCUT2D eigenvalue weighted by atomic mass is 16.6. The molecular weight excluding hydrogens is 232 g/mol. The largest absolute Gasteiger partial charge is 0.445 e. The van der Waals surface area contributed by atoms with Gasteiger partial charge in [0.05, 0.1) is 0 Å². The van der Waals surface area contributed by atoms with Crippen molar-refractivity contribution in [2.24, 2.45) is 0 Å². The molecule has 0 saturated heterocycles. The molecular formula is C13H18N2O3. The Morgan fingerprint density at radius 3 is 2.56 bits per heavy atom. The molecule has 0 heterocycles. The molecule has 1 N–H and O–H groups in total. The van der Waals surface area contributed by atoms with Crippen molar-refractivity contribution in [2.75, 3.05) is 20.1 Å². The molecule has 1 rings (SSSR count). The summed E-state index contributed by atoms with van der Waals surface area (Å²) in [5.41, 5.74) is 0.914. The monoisotopic (exact) mass is 250 g/mol. The Labute approximate surface area is 107 Å². The van der Waals surface area contributed by atoms with Gasteiger partial charge in [-0.05, 0) is 12.5 Å². The molecule has 0 spiro atoms. The van der Waals surface area contributed by atoms with E-state index in [0.29, 0.717) is 6.54 Å². The first-order valence-electron chi connectivity index (χ1n) is 5.82. The second-order valence-electron chi connectivity index (χ2n) is 3.85. The fourth-order valence-corrected chi connectivity index (χ4v) is 1.36. The highest BCUT2D eigenvalue weighted by Gasteiger charge is 2.13. The van der Waals surface area contributed by atoms with Gasteiger partial charge in [0.2, 0.25) is 5.91 Å². The number of carbonyl (C=O) groups is 2. The van der Waals surface area contributed by atoms with Crippen LogP contribution in [-0.2, 0) is 16.1 Å². The van der Waals surface area contributed by atoms with E-state index in [1.165, 1.54) is 11.9 Å². The van der Waals surface area contributed by atoms with Gasteiger partial charge >= 0.3 is 6.09 Å². The van der Waals surface area contributed by atoms with Gasteiger partial charge in [0.25, 0.3) is 0 Å². The van der Waals surface area contributed by atoms with Gasteiger partial charge in [-0.25, -0.2) is 4.79 Å². The molecule has 98 valence electrons. The Kier molecular flexibility index (Phi) is 5.70. The zero-order valence-corrected chi connectivity index (χ0v) is 10.7. The minimum Gasteiger partial charge on any atom is -0.445 e. The number of likely N-dealkylation sites (N-methyl/N-ethyl adjacent to an activating group) is 2. The summed E-state index contributed by atoms with van der Waals surface area (Å²) >= 11 is 0. The molecule has 0 aliphatic carbocycles. The van der Waals surface area contributed by atoms with E-state index in [1.807, 2.05) is 37.3 Å². The standard InChI is InChI=1S/C13H18N2O3/c1-3-14-12(16)9-15(2)13(17)18-10-11-7-5-4-6-8-11/h4-8H,3,9-10H2,1-2H3,(H,14,16). The summed E-state index contributed by atoms with van der Waals surface area (Å²) < 4.78 is 5.08. The van der Waals surface area contributed by atoms with E-state index >= 15 is 0 Å². The van der Waals surface area contributed by atoms with Crippen LogP contribution in [0.4, 0.5) is 4.79 Å². The van der Waals surface area contributed by atoms with Gasteiger partial charge in [0.15, 0.2) is 0 Å². The Hall–Kier alpha value is -2.04. The molecule has 0 aromatic heterocycles. The van der Waals surface area contributed by atoms with Crippen LogP contribution in [0.15, 0.2) is 30.3 Å². The number of rotatable bonds is 5. The molecule has 5 nitrogen and oxygen atoms in total. The maximum atomic E-state index is 11.6. The molecule has 0 bridgehead atoms. The van der Waals surface area contributed by atoms with Gasteiger partial charge in [-0.1, -0.05) is 30.3 Å².